The van der Waals surface area contributed by atoms with Crippen molar-refractivity contribution in [2.75, 3.05) is 26.2 Å². The second-order valence-corrected chi connectivity index (χ2v) is 21.1. The van der Waals surface area contributed by atoms with Crippen molar-refractivity contribution in [1.82, 2.24) is 67.3 Å². The normalized spacial score (nSPS) is 25.6. The number of aliphatic hydroxyl groups is 2. The molecule has 3 aliphatic rings. The van der Waals surface area contributed by atoms with Crippen LogP contribution in [0.15, 0.2) is 73.3 Å². The second-order valence-electron chi connectivity index (χ2n) is 21.1. The highest BCUT2D eigenvalue weighted by atomic mass is 16.3. The Morgan fingerprint density at radius 2 is 1.33 bits per heavy atom. The van der Waals surface area contributed by atoms with E-state index >= 15 is 4.79 Å². The summed E-state index contributed by atoms with van der Waals surface area (Å²) in [5.74, 6) is -8.13. The van der Waals surface area contributed by atoms with Crippen LogP contribution in [0.25, 0.3) is 10.9 Å². The molecule has 7 rings (SSSR count). The number of aromatic amines is 2. The molecule has 28 nitrogen and oxygen atoms in total. The number of H-pyrrole nitrogens is 2. The number of imidazole rings is 1. The van der Waals surface area contributed by atoms with Gasteiger partial charge in [-0.3, -0.25) is 53.4 Å². The molecule has 3 saturated heterocycles. The van der Waals surface area contributed by atoms with Gasteiger partial charge in [0, 0.05) is 94.9 Å². The molecule has 0 aliphatic carbocycles. The lowest BCUT2D eigenvalue weighted by Crippen LogP contribution is -2.61. The van der Waals surface area contributed by atoms with E-state index in [1.807, 2.05) is 12.1 Å². The number of fused-ring (bicyclic) bond motifs is 1. The molecule has 446 valence electrons. The lowest BCUT2D eigenvalue weighted by Gasteiger charge is -2.33. The molecule has 5 heterocycles. The molecule has 2 aromatic heterocycles. The number of aliphatic hydroxyl groups excluding tert-OH is 2. The van der Waals surface area contributed by atoms with Crippen LogP contribution >= 0.6 is 0 Å². The molecule has 83 heavy (non-hydrogen) atoms. The molecule has 0 spiro atoms. The van der Waals surface area contributed by atoms with Gasteiger partial charge in [0.2, 0.25) is 59.1 Å². The number of guanidine groups is 1. The zero-order chi connectivity index (χ0) is 59.7. The molecule has 3 aliphatic heterocycles. The maximum atomic E-state index is 15.1. The van der Waals surface area contributed by atoms with Gasteiger partial charge < -0.3 is 84.0 Å². The first-order chi connectivity index (χ1) is 39.7. The number of carbonyl (C=O) groups is 10. The van der Waals surface area contributed by atoms with E-state index in [4.69, 9.17) is 16.9 Å². The van der Waals surface area contributed by atoms with E-state index < -0.39 is 120 Å². The third-order valence-electron chi connectivity index (χ3n) is 14.8. The van der Waals surface area contributed by atoms with Gasteiger partial charge in [-0.25, -0.2) is 4.98 Å². The van der Waals surface area contributed by atoms with Crippen LogP contribution in [0.4, 0.5) is 0 Å². The van der Waals surface area contributed by atoms with Crippen LogP contribution in [0.1, 0.15) is 81.5 Å². The Morgan fingerprint density at radius 3 is 2.00 bits per heavy atom. The highest BCUT2D eigenvalue weighted by Crippen LogP contribution is 2.27. The zero-order valence-electron chi connectivity index (χ0n) is 46.0. The number of hydrogen-bond donors (Lipinski definition) is 15. The van der Waals surface area contributed by atoms with Crippen LogP contribution in [0.3, 0.4) is 0 Å². The summed E-state index contributed by atoms with van der Waals surface area (Å²) in [5, 5.41) is 51.7. The quantitative estimate of drug-likeness (QED) is 0.0333. The Kier molecular flexibility index (Phi) is 21.7. The summed E-state index contributed by atoms with van der Waals surface area (Å²) in [4.78, 5) is 153. The fourth-order valence-electron chi connectivity index (χ4n) is 10.6. The average molecular weight is 1150 g/mol. The molecule has 28 heteroatoms. The van der Waals surface area contributed by atoms with Gasteiger partial charge in [0.25, 0.3) is 0 Å². The number of β-amino-alcohol motifs (C(OH)–C–C–N with tert-alkyl or cyclic N) is 2. The molecule has 17 N–H and O–H groups in total. The maximum Gasteiger partial charge on any atom is 0.246 e. The number of nitrogens with one attached hydrogen (secondary N) is 11. The number of primary amides is 1. The largest absolute Gasteiger partial charge is 0.391 e. The van der Waals surface area contributed by atoms with Crippen molar-refractivity contribution in [2.24, 2.45) is 11.5 Å². The number of nitrogens with two attached hydrogens (primary N) is 2. The molecule has 4 aromatic rings. The number of para-hydroxylation sites is 1. The Labute approximate surface area is 477 Å². The first-order valence-corrected chi connectivity index (χ1v) is 27.7. The molecular weight excluding hydrogens is 1080 g/mol. The van der Waals surface area contributed by atoms with Crippen molar-refractivity contribution in [3.63, 3.8) is 0 Å². The molecule has 0 saturated carbocycles. The molecule has 0 unspecified atom stereocenters. The summed E-state index contributed by atoms with van der Waals surface area (Å²) in [7, 11) is 0. The highest BCUT2D eigenvalue weighted by molar-refractivity contribution is 5.99. The minimum atomic E-state index is -1.48. The minimum Gasteiger partial charge on any atom is -0.391 e. The topological polar surface area (TPSA) is 434 Å². The van der Waals surface area contributed by atoms with E-state index in [0.717, 1.165) is 9.80 Å². The summed E-state index contributed by atoms with van der Waals surface area (Å²) in [6.45, 7) is 0.701. The van der Waals surface area contributed by atoms with Crippen LogP contribution in [0, 0.1) is 5.41 Å². The van der Waals surface area contributed by atoms with E-state index in [9.17, 15) is 53.4 Å². The first-order valence-electron chi connectivity index (χ1n) is 27.7. The van der Waals surface area contributed by atoms with Crippen molar-refractivity contribution in [3.8, 4) is 0 Å². The third kappa shape index (κ3) is 17.3. The highest BCUT2D eigenvalue weighted by Gasteiger charge is 2.47. The number of rotatable bonds is 14. The predicted octanol–water partition coefficient (Wildman–Crippen LogP) is -3.40. The third-order valence-corrected chi connectivity index (χ3v) is 14.8. The number of aromatic nitrogens is 3. The van der Waals surface area contributed by atoms with Crippen molar-refractivity contribution in [2.45, 2.75) is 145 Å². The number of likely N-dealkylation sites (tertiary alicyclic amines) is 2. The SMILES string of the molecule is CC(=O)N[C@H]1CCC(=O)NCCCC[C@@H](C(=O)N2C[C@H](O)C[C@H]2C(=O)N2C[C@H](O)C[C@H]2C(N)=O)NC(=O)[C@H](Cc2c[nH]c3ccccc23)NC(=O)[C@H](CCCNC(=N)N)NC(=O)[C@@H](Cc2ccccc2)NC(=O)[C@H](Cc2c[nH]cn2)NC1=O. The maximum absolute atomic E-state index is 15.1. The van der Waals surface area contributed by atoms with Crippen molar-refractivity contribution < 1.29 is 58.2 Å². The summed E-state index contributed by atoms with van der Waals surface area (Å²) < 4.78 is 0. The molecular formula is C55H74N16O12. The Balaban J connectivity index is 1.26. The number of nitrogens with zero attached hydrogens (tertiary/aromatic N) is 3. The summed E-state index contributed by atoms with van der Waals surface area (Å²) in [6.07, 6.45) is 1.23. The Morgan fingerprint density at radius 1 is 0.711 bits per heavy atom. The van der Waals surface area contributed by atoms with E-state index in [0.29, 0.717) is 27.7 Å². The predicted molar refractivity (Wildman–Crippen MR) is 298 cm³/mol. The van der Waals surface area contributed by atoms with Gasteiger partial charge in [-0.1, -0.05) is 48.5 Å². The first kappa shape index (κ1) is 61.7. The van der Waals surface area contributed by atoms with Crippen LogP contribution in [0.5, 0.6) is 0 Å². The van der Waals surface area contributed by atoms with Crippen molar-refractivity contribution in [1.29, 1.82) is 5.41 Å². The zero-order valence-corrected chi connectivity index (χ0v) is 46.0. The van der Waals surface area contributed by atoms with E-state index in [2.05, 4.69) is 57.5 Å². The van der Waals surface area contributed by atoms with Gasteiger partial charge in [0.15, 0.2) is 5.96 Å². The average Bonchev–Trinajstić information content (AvgIpc) is 4.43. The second kappa shape index (κ2) is 29.2. The van der Waals surface area contributed by atoms with E-state index in [1.165, 1.54) is 19.4 Å². The smallest absolute Gasteiger partial charge is 0.246 e. The van der Waals surface area contributed by atoms with Crippen LogP contribution in [0.2, 0.25) is 0 Å². The fraction of sp³-hybridized carbons (Fsp3) is 0.491. The summed E-state index contributed by atoms with van der Waals surface area (Å²) in [6, 6.07) is 4.82. The standard InChI is InChI=1S/C55H74N16O12/c1-30(72)64-39-16-17-46(75)60-18-8-7-14-40(53(82)71-28-35(74)24-45(71)54(83)70-27-34(73)23-44(70)47(56)76)66-51(80)42(21-32-25-62-37-13-6-5-12-36(32)37)68-48(77)38(15-9-19-61-55(57)58)65-50(79)41(20-31-10-3-2-4-11-31)67-52(81)43(69-49(39)78)22-33-26-59-29-63-33/h2-6,10-13,25-26,29,34-35,38-45,62,73-74H,7-9,14-24,27-28H2,1H3,(H2,56,76)(H,59,63)(H,60,75)(H,64,72)(H,65,79)(H,66,80)(H,67,81)(H,68,77)(H,69,78)(H4,57,58,61)/t34-,35-,38+,39+,40+,41-,42+,43+,44+,45+/m1/s1. The lowest BCUT2D eigenvalue weighted by atomic mass is 10.0. The van der Waals surface area contributed by atoms with Crippen molar-refractivity contribution in [3.05, 3.63) is 90.1 Å². The Hall–Kier alpha value is -8.92. The van der Waals surface area contributed by atoms with Crippen LogP contribution in [-0.2, 0) is 67.2 Å². The van der Waals surface area contributed by atoms with Gasteiger partial charge in [0.1, 0.15) is 48.3 Å². The minimum absolute atomic E-state index is 0.0460. The fourth-order valence-corrected chi connectivity index (χ4v) is 10.6. The number of hydrogen-bond acceptors (Lipinski definition) is 14. The molecule has 0 bridgehead atoms. The molecule has 2 aromatic carbocycles. The number of benzene rings is 2. The van der Waals surface area contributed by atoms with E-state index in [-0.39, 0.29) is 109 Å². The lowest BCUT2D eigenvalue weighted by molar-refractivity contribution is -0.147. The van der Waals surface area contributed by atoms with Crippen LogP contribution in [-0.4, -0.2) is 187 Å². The van der Waals surface area contributed by atoms with Gasteiger partial charge in [-0.15, -0.1) is 0 Å². The van der Waals surface area contributed by atoms with Gasteiger partial charge in [0.05, 0.1) is 24.2 Å². The van der Waals surface area contributed by atoms with Gasteiger partial charge in [-0.2, -0.15) is 0 Å². The van der Waals surface area contributed by atoms with Gasteiger partial charge in [-0.05, 0) is 55.7 Å². The Bertz CT molecular complexity index is 2980. The number of amides is 10. The molecule has 10 atom stereocenters. The number of carbonyl (C=O) groups excluding carboxylic acids is 10. The molecule has 0 radical (unpaired) electrons. The summed E-state index contributed by atoms with van der Waals surface area (Å²) in [5.41, 5.74) is 13.4. The van der Waals surface area contributed by atoms with Gasteiger partial charge >= 0.3 is 0 Å². The van der Waals surface area contributed by atoms with Crippen molar-refractivity contribution >= 4 is 75.9 Å². The summed E-state index contributed by atoms with van der Waals surface area (Å²) >= 11 is 0. The molecule has 10 amide bonds. The monoisotopic (exact) mass is 1150 g/mol. The van der Waals surface area contributed by atoms with Crippen LogP contribution < -0.4 is 54.0 Å². The molecule has 3 fully saturated rings. The van der Waals surface area contributed by atoms with E-state index in [1.54, 1.807) is 48.7 Å².